The Hall–Kier alpha value is -1.66. The van der Waals surface area contributed by atoms with Crippen LogP contribution in [0.25, 0.3) is 0 Å². The quantitative estimate of drug-likeness (QED) is 0.757. The van der Waals surface area contributed by atoms with Crippen molar-refractivity contribution in [1.82, 2.24) is 14.0 Å². The van der Waals surface area contributed by atoms with Crippen molar-refractivity contribution in [3.8, 4) is 0 Å². The average molecular weight is 394 g/mol. The van der Waals surface area contributed by atoms with Crippen molar-refractivity contribution in [1.29, 1.82) is 0 Å². The lowest BCUT2D eigenvalue weighted by atomic mass is 10.1. The van der Waals surface area contributed by atoms with E-state index in [2.05, 4.69) is 40.7 Å². The summed E-state index contributed by atoms with van der Waals surface area (Å²) >= 11 is 3.61. The third-order valence-electron chi connectivity index (χ3n) is 4.40. The third kappa shape index (κ3) is 3.87. The van der Waals surface area contributed by atoms with Gasteiger partial charge in [-0.1, -0.05) is 41.1 Å². The fourth-order valence-corrected chi connectivity index (χ4v) is 3.46. The molecule has 0 bridgehead atoms. The minimum Gasteiger partial charge on any atom is -0.299 e. The van der Waals surface area contributed by atoms with Crippen LogP contribution in [0.2, 0.25) is 0 Å². The minimum atomic E-state index is -0.289. The zero-order valence-electron chi connectivity index (χ0n) is 14.6. The minimum absolute atomic E-state index is 0.166. The fourth-order valence-electron chi connectivity index (χ4n) is 2.85. The first kappa shape index (κ1) is 18.7. The molecule has 1 aromatic heterocycles. The maximum atomic E-state index is 12.1. The standard InChI is InChI=1S/C18H24BrN3O2/c1-5-10-22(13(2)15-8-6-7-9-16(15)19)12-14-11-17(23)21(4)18(24)20(14)3/h6-9,11,13H,5,10,12H2,1-4H3/t13-/m1/s1. The lowest BCUT2D eigenvalue weighted by Crippen LogP contribution is -2.40. The molecular formula is C18H24BrN3O2. The van der Waals surface area contributed by atoms with E-state index in [1.165, 1.54) is 12.6 Å². The highest BCUT2D eigenvalue weighted by molar-refractivity contribution is 9.10. The van der Waals surface area contributed by atoms with Crippen LogP contribution in [0, 0.1) is 0 Å². The van der Waals surface area contributed by atoms with Gasteiger partial charge in [-0.2, -0.15) is 0 Å². The maximum absolute atomic E-state index is 12.1. The summed E-state index contributed by atoms with van der Waals surface area (Å²) in [7, 11) is 3.21. The van der Waals surface area contributed by atoms with Gasteiger partial charge in [0.05, 0.1) is 0 Å². The summed E-state index contributed by atoms with van der Waals surface area (Å²) in [5.41, 5.74) is 1.37. The maximum Gasteiger partial charge on any atom is 0.330 e. The third-order valence-corrected chi connectivity index (χ3v) is 5.13. The smallest absolute Gasteiger partial charge is 0.299 e. The highest BCUT2D eigenvalue weighted by atomic mass is 79.9. The summed E-state index contributed by atoms with van der Waals surface area (Å²) < 4.78 is 3.75. The molecule has 0 aliphatic heterocycles. The second-order valence-electron chi connectivity index (χ2n) is 6.04. The van der Waals surface area contributed by atoms with E-state index in [1.54, 1.807) is 17.7 Å². The van der Waals surface area contributed by atoms with Crippen LogP contribution >= 0.6 is 15.9 Å². The van der Waals surface area contributed by atoms with Gasteiger partial charge in [0.25, 0.3) is 5.56 Å². The lowest BCUT2D eigenvalue weighted by Gasteiger charge is -2.30. The molecule has 2 aromatic rings. The number of hydrogen-bond donors (Lipinski definition) is 0. The van der Waals surface area contributed by atoms with Gasteiger partial charge in [-0.25, -0.2) is 4.79 Å². The Labute approximate surface area is 150 Å². The average Bonchev–Trinajstić information content (AvgIpc) is 2.57. The Kier molecular flexibility index (Phi) is 6.18. The van der Waals surface area contributed by atoms with Gasteiger partial charge in [-0.05, 0) is 31.5 Å². The second-order valence-corrected chi connectivity index (χ2v) is 6.90. The van der Waals surface area contributed by atoms with Crippen LogP contribution in [0.1, 0.15) is 37.6 Å². The van der Waals surface area contributed by atoms with Crippen molar-refractivity contribution in [3.63, 3.8) is 0 Å². The van der Waals surface area contributed by atoms with Crippen LogP contribution in [0.4, 0.5) is 0 Å². The molecule has 1 aromatic carbocycles. The number of hydrogen-bond acceptors (Lipinski definition) is 3. The molecule has 0 fully saturated rings. The molecule has 0 saturated heterocycles. The van der Waals surface area contributed by atoms with Crippen LogP contribution in [0.5, 0.6) is 0 Å². The molecule has 0 aliphatic carbocycles. The van der Waals surface area contributed by atoms with Crippen LogP contribution in [0.3, 0.4) is 0 Å². The Morgan fingerprint density at radius 1 is 1.17 bits per heavy atom. The van der Waals surface area contributed by atoms with Gasteiger partial charge in [0.15, 0.2) is 0 Å². The van der Waals surface area contributed by atoms with Gasteiger partial charge in [0.2, 0.25) is 0 Å². The summed E-state index contributed by atoms with van der Waals surface area (Å²) in [6, 6.07) is 9.87. The SMILES string of the molecule is CCCN(Cc1cc(=O)n(C)c(=O)n1C)[C@H](C)c1ccccc1Br. The molecule has 0 radical (unpaired) electrons. The molecule has 1 atom stereocenters. The first-order valence-corrected chi connectivity index (χ1v) is 8.90. The van der Waals surface area contributed by atoms with E-state index in [-0.39, 0.29) is 17.3 Å². The van der Waals surface area contributed by atoms with Crippen LogP contribution in [-0.2, 0) is 20.6 Å². The number of halogens is 1. The first-order chi connectivity index (χ1) is 11.4. The number of benzene rings is 1. The zero-order chi connectivity index (χ0) is 17.9. The molecule has 0 spiro atoms. The molecule has 0 aliphatic rings. The van der Waals surface area contributed by atoms with Crippen molar-refractivity contribution in [2.24, 2.45) is 14.1 Å². The Morgan fingerprint density at radius 3 is 2.46 bits per heavy atom. The monoisotopic (exact) mass is 393 g/mol. The molecular weight excluding hydrogens is 370 g/mol. The molecule has 2 rings (SSSR count). The molecule has 0 amide bonds. The molecule has 0 saturated carbocycles. The first-order valence-electron chi connectivity index (χ1n) is 8.11. The van der Waals surface area contributed by atoms with Crippen molar-refractivity contribution in [3.05, 3.63) is 66.9 Å². The van der Waals surface area contributed by atoms with E-state index in [9.17, 15) is 9.59 Å². The van der Waals surface area contributed by atoms with Crippen LogP contribution in [0.15, 0.2) is 44.4 Å². The molecule has 130 valence electrons. The van der Waals surface area contributed by atoms with E-state index in [0.29, 0.717) is 6.54 Å². The molecule has 0 N–H and O–H groups in total. The van der Waals surface area contributed by atoms with Gasteiger partial charge in [-0.15, -0.1) is 0 Å². The van der Waals surface area contributed by atoms with Crippen molar-refractivity contribution >= 4 is 15.9 Å². The van der Waals surface area contributed by atoms with Crippen molar-refractivity contribution in [2.75, 3.05) is 6.54 Å². The van der Waals surface area contributed by atoms with E-state index in [1.807, 2.05) is 18.2 Å². The molecule has 24 heavy (non-hydrogen) atoms. The molecule has 6 heteroatoms. The normalized spacial score (nSPS) is 12.6. The van der Waals surface area contributed by atoms with Gasteiger partial charge < -0.3 is 0 Å². The summed E-state index contributed by atoms with van der Waals surface area (Å²) in [5, 5.41) is 0. The van der Waals surface area contributed by atoms with Gasteiger partial charge in [0, 0.05) is 42.9 Å². The number of rotatable bonds is 6. The number of nitrogens with zero attached hydrogens (tertiary/aromatic N) is 3. The zero-order valence-corrected chi connectivity index (χ0v) is 16.2. The highest BCUT2D eigenvalue weighted by Crippen LogP contribution is 2.28. The Bertz CT molecular complexity index is 826. The summed E-state index contributed by atoms with van der Waals surface area (Å²) in [6.45, 7) is 5.71. The lowest BCUT2D eigenvalue weighted by molar-refractivity contribution is 0.195. The molecule has 0 unspecified atom stereocenters. The predicted molar refractivity (Wildman–Crippen MR) is 100 cm³/mol. The highest BCUT2D eigenvalue weighted by Gasteiger charge is 2.19. The summed E-state index contributed by atoms with van der Waals surface area (Å²) in [4.78, 5) is 26.4. The van der Waals surface area contributed by atoms with E-state index in [4.69, 9.17) is 0 Å². The topological polar surface area (TPSA) is 47.2 Å². The van der Waals surface area contributed by atoms with Crippen LogP contribution in [-0.4, -0.2) is 20.6 Å². The summed E-state index contributed by atoms with van der Waals surface area (Å²) in [5.74, 6) is 0. The van der Waals surface area contributed by atoms with Crippen LogP contribution < -0.4 is 11.2 Å². The molecule has 5 nitrogen and oxygen atoms in total. The van der Waals surface area contributed by atoms with Crippen molar-refractivity contribution < 1.29 is 0 Å². The van der Waals surface area contributed by atoms with E-state index in [0.717, 1.165) is 27.7 Å². The van der Waals surface area contributed by atoms with E-state index >= 15 is 0 Å². The second kappa shape index (κ2) is 7.94. The Morgan fingerprint density at radius 2 is 1.83 bits per heavy atom. The van der Waals surface area contributed by atoms with Gasteiger partial charge in [0.1, 0.15) is 0 Å². The number of aromatic nitrogens is 2. The summed E-state index contributed by atoms with van der Waals surface area (Å²) in [6.07, 6.45) is 0.994. The fraction of sp³-hybridized carbons (Fsp3) is 0.444. The van der Waals surface area contributed by atoms with Gasteiger partial charge >= 0.3 is 5.69 Å². The van der Waals surface area contributed by atoms with Gasteiger partial charge in [-0.3, -0.25) is 18.8 Å². The largest absolute Gasteiger partial charge is 0.330 e. The van der Waals surface area contributed by atoms with E-state index < -0.39 is 0 Å². The predicted octanol–water partition coefficient (Wildman–Crippen LogP) is 2.82. The Balaban J connectivity index is 2.38. The molecule has 1 heterocycles. The van der Waals surface area contributed by atoms with Crippen molar-refractivity contribution in [2.45, 2.75) is 32.9 Å².